The number of hydrogen-bond donors (Lipinski definition) is 3. The number of amides is 1. The highest BCUT2D eigenvalue weighted by Gasteiger charge is 2.19. The first-order chi connectivity index (χ1) is 11.5. The number of nitrogens with one attached hydrogen (secondary N) is 2. The van der Waals surface area contributed by atoms with Crippen molar-refractivity contribution >= 4 is 17.6 Å². The molecule has 3 rings (SSSR count). The predicted molar refractivity (Wildman–Crippen MR) is 74.8 cm³/mol. The number of benzene rings is 1. The maximum Gasteiger partial charge on any atom is 0.337 e. The largest absolute Gasteiger partial charge is 0.478 e. The number of anilines is 1. The van der Waals surface area contributed by atoms with Gasteiger partial charge in [-0.2, -0.15) is 5.10 Å². The molecule has 9 nitrogen and oxygen atoms in total. The molecule has 1 amide bonds. The van der Waals surface area contributed by atoms with E-state index in [2.05, 4.69) is 25.8 Å². The number of carbonyl (C=O) groups is 2. The summed E-state index contributed by atoms with van der Waals surface area (Å²) in [6.45, 7) is 0. The van der Waals surface area contributed by atoms with Crippen molar-refractivity contribution in [2.45, 2.75) is 0 Å². The number of aromatic nitrogens is 5. The Labute approximate surface area is 131 Å². The summed E-state index contributed by atoms with van der Waals surface area (Å²) in [6.07, 6.45) is 4.21. The van der Waals surface area contributed by atoms with Crippen molar-refractivity contribution in [3.63, 3.8) is 0 Å². The van der Waals surface area contributed by atoms with Crippen LogP contribution in [-0.2, 0) is 0 Å². The van der Waals surface area contributed by atoms with E-state index in [1.54, 1.807) is 0 Å². The minimum Gasteiger partial charge on any atom is -0.478 e. The molecule has 0 radical (unpaired) electrons. The fourth-order valence-corrected chi connectivity index (χ4v) is 1.88. The molecule has 3 N–H and O–H groups in total. The first-order valence-electron chi connectivity index (χ1n) is 6.41. The van der Waals surface area contributed by atoms with Crippen LogP contribution in [0.15, 0.2) is 30.7 Å². The van der Waals surface area contributed by atoms with E-state index in [1.807, 2.05) is 0 Å². The van der Waals surface area contributed by atoms with Gasteiger partial charge in [-0.05, 0) is 6.07 Å². The Kier molecular flexibility index (Phi) is 3.74. The van der Waals surface area contributed by atoms with E-state index in [0.29, 0.717) is 17.8 Å². The molecule has 2 aromatic heterocycles. The summed E-state index contributed by atoms with van der Waals surface area (Å²) in [4.78, 5) is 23.2. The molecule has 11 heteroatoms. The molecule has 0 aliphatic rings. The number of halogens is 2. The topological polar surface area (TPSA) is 126 Å². The van der Waals surface area contributed by atoms with E-state index in [9.17, 15) is 18.4 Å². The van der Waals surface area contributed by atoms with Crippen LogP contribution >= 0.6 is 0 Å². The van der Waals surface area contributed by atoms with Gasteiger partial charge in [0, 0.05) is 12.3 Å². The Morgan fingerprint density at radius 3 is 2.67 bits per heavy atom. The van der Waals surface area contributed by atoms with E-state index in [0.717, 1.165) is 0 Å². The van der Waals surface area contributed by atoms with E-state index < -0.39 is 34.8 Å². The molecule has 0 unspecified atom stereocenters. The Morgan fingerprint density at radius 2 is 2.00 bits per heavy atom. The number of rotatable bonds is 4. The summed E-state index contributed by atoms with van der Waals surface area (Å²) in [5.41, 5.74) is -0.633. The monoisotopic (exact) mass is 334 g/mol. The van der Waals surface area contributed by atoms with Gasteiger partial charge in [-0.15, -0.1) is 5.10 Å². The third kappa shape index (κ3) is 2.82. The van der Waals surface area contributed by atoms with E-state index >= 15 is 0 Å². The third-order valence-electron chi connectivity index (χ3n) is 3.01. The minimum absolute atomic E-state index is 0.155. The molecule has 0 fully saturated rings. The Balaban J connectivity index is 1.88. The molecule has 24 heavy (non-hydrogen) atoms. The van der Waals surface area contributed by atoms with Gasteiger partial charge < -0.3 is 10.4 Å². The molecule has 0 atom stereocenters. The number of carbonyl (C=O) groups excluding carboxylic acids is 1. The second kappa shape index (κ2) is 5.87. The maximum absolute atomic E-state index is 13.3. The summed E-state index contributed by atoms with van der Waals surface area (Å²) in [5, 5.41) is 24.8. The second-order valence-corrected chi connectivity index (χ2v) is 4.58. The lowest BCUT2D eigenvalue weighted by Gasteiger charge is -2.07. The molecule has 0 aliphatic heterocycles. The molecule has 0 aliphatic carbocycles. The van der Waals surface area contributed by atoms with Crippen molar-refractivity contribution in [1.29, 1.82) is 0 Å². The van der Waals surface area contributed by atoms with Crippen LogP contribution in [0.5, 0.6) is 0 Å². The third-order valence-corrected chi connectivity index (χ3v) is 3.01. The van der Waals surface area contributed by atoms with Gasteiger partial charge in [0.25, 0.3) is 5.91 Å². The molecule has 0 spiro atoms. The van der Waals surface area contributed by atoms with Gasteiger partial charge in [-0.1, -0.05) is 5.21 Å². The first kappa shape index (κ1) is 15.3. The van der Waals surface area contributed by atoms with Gasteiger partial charge in [0.1, 0.15) is 5.69 Å². The van der Waals surface area contributed by atoms with Gasteiger partial charge in [0.05, 0.1) is 23.6 Å². The highest BCUT2D eigenvalue weighted by molar-refractivity contribution is 6.06. The smallest absolute Gasteiger partial charge is 0.337 e. The second-order valence-electron chi connectivity index (χ2n) is 4.58. The summed E-state index contributed by atoms with van der Waals surface area (Å²) >= 11 is 0. The Bertz CT molecular complexity index is 922. The Morgan fingerprint density at radius 1 is 1.25 bits per heavy atom. The van der Waals surface area contributed by atoms with Crippen LogP contribution in [0.4, 0.5) is 14.5 Å². The highest BCUT2D eigenvalue weighted by Crippen LogP contribution is 2.21. The van der Waals surface area contributed by atoms with Crippen LogP contribution < -0.4 is 5.32 Å². The lowest BCUT2D eigenvalue weighted by Crippen LogP contribution is -2.16. The molecular formula is C13H8F2N6O3. The van der Waals surface area contributed by atoms with Gasteiger partial charge >= 0.3 is 5.97 Å². The van der Waals surface area contributed by atoms with Crippen molar-refractivity contribution in [2.24, 2.45) is 0 Å². The molecule has 0 saturated carbocycles. The lowest BCUT2D eigenvalue weighted by molar-refractivity contribution is 0.0697. The zero-order chi connectivity index (χ0) is 17.3. The molecular weight excluding hydrogens is 326 g/mol. The lowest BCUT2D eigenvalue weighted by atomic mass is 10.1. The first-order valence-corrected chi connectivity index (χ1v) is 6.41. The average Bonchev–Trinajstić information content (AvgIpc) is 3.20. The highest BCUT2D eigenvalue weighted by atomic mass is 19.2. The fourth-order valence-electron chi connectivity index (χ4n) is 1.88. The summed E-state index contributed by atoms with van der Waals surface area (Å²) < 4.78 is 27.7. The number of nitrogens with zero attached hydrogens (tertiary/aromatic N) is 4. The molecule has 3 aromatic rings. The van der Waals surface area contributed by atoms with Crippen molar-refractivity contribution < 1.29 is 23.5 Å². The zero-order valence-corrected chi connectivity index (χ0v) is 11.7. The quantitative estimate of drug-likeness (QED) is 0.658. The molecule has 2 heterocycles. The predicted octanol–water partition coefficient (Wildman–Crippen LogP) is 1.22. The van der Waals surface area contributed by atoms with Crippen molar-refractivity contribution in [1.82, 2.24) is 25.2 Å². The number of aromatic amines is 1. The minimum atomic E-state index is -1.52. The van der Waals surface area contributed by atoms with Crippen LogP contribution in [-0.4, -0.2) is 42.2 Å². The van der Waals surface area contributed by atoms with Gasteiger partial charge in [0.15, 0.2) is 17.3 Å². The zero-order valence-electron chi connectivity index (χ0n) is 11.7. The number of carboxylic acids is 1. The SMILES string of the molecule is O=C(Nc1cc(F)c(F)cc1C(=O)O)c1cn(-c2cn[nH]c2)nn1. The van der Waals surface area contributed by atoms with Gasteiger partial charge in [-0.25, -0.2) is 18.3 Å². The number of hydrogen-bond acceptors (Lipinski definition) is 5. The normalized spacial score (nSPS) is 10.6. The summed E-state index contributed by atoms with van der Waals surface area (Å²) in [6, 6.07) is 1.06. The number of carboxylic acid groups (broad SMARTS) is 1. The maximum atomic E-state index is 13.3. The van der Waals surface area contributed by atoms with Crippen LogP contribution in [0.25, 0.3) is 5.69 Å². The van der Waals surface area contributed by atoms with Crippen LogP contribution in [0, 0.1) is 11.6 Å². The average molecular weight is 334 g/mol. The standard InChI is InChI=1S/C13H8F2N6O3/c14-8-1-7(13(23)24)10(2-9(8)15)18-12(22)11-5-21(20-19-11)6-3-16-17-4-6/h1-5H,(H,16,17)(H,18,22)(H,23,24). The molecule has 122 valence electrons. The summed E-state index contributed by atoms with van der Waals surface area (Å²) in [7, 11) is 0. The van der Waals surface area contributed by atoms with E-state index in [1.165, 1.54) is 23.3 Å². The van der Waals surface area contributed by atoms with Crippen molar-refractivity contribution in [2.75, 3.05) is 5.32 Å². The molecule has 0 saturated heterocycles. The molecule has 0 bridgehead atoms. The number of H-pyrrole nitrogens is 1. The number of aromatic carboxylic acids is 1. The Hall–Kier alpha value is -3.63. The van der Waals surface area contributed by atoms with Gasteiger partial charge in [0.2, 0.25) is 0 Å². The van der Waals surface area contributed by atoms with Gasteiger partial charge in [-0.3, -0.25) is 9.89 Å². The van der Waals surface area contributed by atoms with Crippen molar-refractivity contribution in [3.05, 3.63) is 53.6 Å². The molecule has 1 aromatic carbocycles. The van der Waals surface area contributed by atoms with Crippen LogP contribution in [0.3, 0.4) is 0 Å². The summed E-state index contributed by atoms with van der Waals surface area (Å²) in [5.74, 6) is -4.99. The van der Waals surface area contributed by atoms with Crippen LogP contribution in [0.1, 0.15) is 20.8 Å². The van der Waals surface area contributed by atoms with Crippen molar-refractivity contribution in [3.8, 4) is 5.69 Å². The van der Waals surface area contributed by atoms with E-state index in [4.69, 9.17) is 5.11 Å². The van der Waals surface area contributed by atoms with Crippen LogP contribution in [0.2, 0.25) is 0 Å². The van der Waals surface area contributed by atoms with E-state index in [-0.39, 0.29) is 5.69 Å². The fraction of sp³-hybridized carbons (Fsp3) is 0.